The van der Waals surface area contributed by atoms with Crippen LogP contribution in [0.5, 0.6) is 11.5 Å². The van der Waals surface area contributed by atoms with E-state index in [0.29, 0.717) is 30.3 Å². The number of rotatable bonds is 3. The van der Waals surface area contributed by atoms with Gasteiger partial charge in [0.2, 0.25) is 0 Å². The third-order valence-corrected chi connectivity index (χ3v) is 6.10. The van der Waals surface area contributed by atoms with Crippen LogP contribution in [-0.2, 0) is 0 Å². The van der Waals surface area contributed by atoms with E-state index in [9.17, 15) is 18.0 Å². The Labute approximate surface area is 188 Å². The number of H-pyrrole nitrogens is 1. The third kappa shape index (κ3) is 4.40. The zero-order valence-corrected chi connectivity index (χ0v) is 17.7. The van der Waals surface area contributed by atoms with Crippen molar-refractivity contribution < 1.29 is 27.4 Å². The monoisotopic (exact) mass is 457 g/mol. The molecule has 5 rings (SSSR count). The average Bonchev–Trinajstić information content (AvgIpc) is 3.33. The summed E-state index contributed by atoms with van der Waals surface area (Å²) in [5, 5.41) is 7.39. The van der Waals surface area contributed by atoms with E-state index in [1.54, 1.807) is 24.3 Å². The van der Waals surface area contributed by atoms with E-state index in [4.69, 9.17) is 9.47 Å². The molecule has 0 spiro atoms. The molecule has 1 aromatic heterocycles. The van der Waals surface area contributed by atoms with E-state index in [1.807, 2.05) is 24.3 Å². The maximum atomic E-state index is 12.9. The standard InChI is InChI=1S/C24H22F3N3O3/c25-24(26,27)18-7-9-30(10-8-18)23(31)16-3-1-15(2-4-16)19-14-20(29-28-19)17-5-6-21-22(13-17)33-12-11-32-21/h1-6,13-14,18H,7-12H2,(H,28,29). The van der Waals surface area contributed by atoms with Gasteiger partial charge < -0.3 is 14.4 Å². The molecule has 1 N–H and O–H groups in total. The number of carbonyl (C=O) groups is 1. The smallest absolute Gasteiger partial charge is 0.391 e. The summed E-state index contributed by atoms with van der Waals surface area (Å²) in [6, 6.07) is 14.6. The number of hydrogen-bond acceptors (Lipinski definition) is 4. The van der Waals surface area contributed by atoms with Gasteiger partial charge in [0, 0.05) is 24.2 Å². The molecule has 0 radical (unpaired) electrons. The predicted molar refractivity (Wildman–Crippen MR) is 115 cm³/mol. The minimum Gasteiger partial charge on any atom is -0.486 e. The molecule has 33 heavy (non-hydrogen) atoms. The minimum atomic E-state index is -4.19. The van der Waals surface area contributed by atoms with Crippen LogP contribution in [0.3, 0.4) is 0 Å². The number of nitrogens with one attached hydrogen (secondary N) is 1. The molecule has 9 heteroatoms. The SMILES string of the molecule is O=C(c1ccc(-c2cc(-c3ccc4c(c3)OCCO4)n[nH]2)cc1)N1CCC(C(F)(F)F)CC1. The van der Waals surface area contributed by atoms with Crippen molar-refractivity contribution in [3.8, 4) is 34.0 Å². The van der Waals surface area contributed by atoms with Crippen LogP contribution in [0.2, 0.25) is 0 Å². The van der Waals surface area contributed by atoms with Crippen molar-refractivity contribution in [2.24, 2.45) is 5.92 Å². The Morgan fingerprint density at radius 1 is 0.939 bits per heavy atom. The number of likely N-dealkylation sites (tertiary alicyclic amines) is 1. The summed E-state index contributed by atoms with van der Waals surface area (Å²) in [7, 11) is 0. The second-order valence-corrected chi connectivity index (χ2v) is 8.21. The Morgan fingerprint density at radius 3 is 2.30 bits per heavy atom. The maximum absolute atomic E-state index is 12.9. The lowest BCUT2D eigenvalue weighted by Crippen LogP contribution is -2.42. The zero-order valence-electron chi connectivity index (χ0n) is 17.7. The highest BCUT2D eigenvalue weighted by molar-refractivity contribution is 5.94. The van der Waals surface area contributed by atoms with Crippen LogP contribution in [0.4, 0.5) is 13.2 Å². The number of hydrogen-bond donors (Lipinski definition) is 1. The Kier molecular flexibility index (Phi) is 5.47. The number of halogens is 3. The van der Waals surface area contributed by atoms with E-state index in [-0.39, 0.29) is 31.8 Å². The number of piperidine rings is 1. The van der Waals surface area contributed by atoms with Gasteiger partial charge in [-0.3, -0.25) is 9.89 Å². The molecule has 3 aromatic rings. The first-order chi connectivity index (χ1) is 15.9. The second kappa shape index (κ2) is 8.46. The van der Waals surface area contributed by atoms with Gasteiger partial charge in [-0.1, -0.05) is 12.1 Å². The lowest BCUT2D eigenvalue weighted by molar-refractivity contribution is -0.183. The summed E-state index contributed by atoms with van der Waals surface area (Å²) in [6.07, 6.45) is -4.30. The van der Waals surface area contributed by atoms with Gasteiger partial charge in [-0.25, -0.2) is 0 Å². The highest BCUT2D eigenvalue weighted by atomic mass is 19.4. The quantitative estimate of drug-likeness (QED) is 0.606. The predicted octanol–water partition coefficient (Wildman–Crippen LogP) is 4.93. The highest BCUT2D eigenvalue weighted by Crippen LogP contribution is 2.36. The van der Waals surface area contributed by atoms with Crippen molar-refractivity contribution in [2.45, 2.75) is 19.0 Å². The van der Waals surface area contributed by atoms with Crippen LogP contribution >= 0.6 is 0 Å². The molecule has 0 bridgehead atoms. The normalized spacial score (nSPS) is 16.6. The van der Waals surface area contributed by atoms with Gasteiger partial charge in [0.25, 0.3) is 5.91 Å². The van der Waals surface area contributed by atoms with Gasteiger partial charge in [-0.05, 0) is 54.8 Å². The van der Waals surface area contributed by atoms with Crippen molar-refractivity contribution in [2.75, 3.05) is 26.3 Å². The number of fused-ring (bicyclic) bond motifs is 1. The molecule has 1 saturated heterocycles. The van der Waals surface area contributed by atoms with Gasteiger partial charge in [-0.15, -0.1) is 0 Å². The van der Waals surface area contributed by atoms with E-state index in [2.05, 4.69) is 10.2 Å². The molecule has 1 amide bonds. The number of alkyl halides is 3. The topological polar surface area (TPSA) is 67.5 Å². The lowest BCUT2D eigenvalue weighted by Gasteiger charge is -2.33. The molecule has 0 unspecified atom stereocenters. The highest BCUT2D eigenvalue weighted by Gasteiger charge is 2.41. The fraction of sp³-hybridized carbons (Fsp3) is 0.333. The van der Waals surface area contributed by atoms with Crippen molar-refractivity contribution in [3.05, 3.63) is 54.1 Å². The summed E-state index contributed by atoms with van der Waals surface area (Å²) in [5.41, 5.74) is 3.71. The molecular weight excluding hydrogens is 435 g/mol. The summed E-state index contributed by atoms with van der Waals surface area (Å²) in [5.74, 6) is -0.175. The van der Waals surface area contributed by atoms with E-state index < -0.39 is 12.1 Å². The fourth-order valence-corrected chi connectivity index (χ4v) is 4.21. The average molecular weight is 457 g/mol. The van der Waals surface area contributed by atoms with E-state index >= 15 is 0 Å². The molecule has 2 aromatic carbocycles. The van der Waals surface area contributed by atoms with Crippen LogP contribution in [0.25, 0.3) is 22.5 Å². The number of ether oxygens (including phenoxy) is 2. The first-order valence-electron chi connectivity index (χ1n) is 10.8. The van der Waals surface area contributed by atoms with Crippen LogP contribution < -0.4 is 9.47 Å². The number of aromatic amines is 1. The van der Waals surface area contributed by atoms with Crippen molar-refractivity contribution in [1.29, 1.82) is 0 Å². The number of benzene rings is 2. The lowest BCUT2D eigenvalue weighted by atomic mass is 9.95. The molecule has 3 heterocycles. The van der Waals surface area contributed by atoms with Gasteiger partial charge in [0.05, 0.1) is 17.3 Å². The van der Waals surface area contributed by atoms with Gasteiger partial charge in [-0.2, -0.15) is 18.3 Å². The Morgan fingerprint density at radius 2 is 1.61 bits per heavy atom. The summed E-state index contributed by atoms with van der Waals surface area (Å²) in [4.78, 5) is 14.2. The van der Waals surface area contributed by atoms with Crippen molar-refractivity contribution in [3.63, 3.8) is 0 Å². The molecule has 6 nitrogen and oxygen atoms in total. The summed E-state index contributed by atoms with van der Waals surface area (Å²) < 4.78 is 49.8. The first-order valence-corrected chi connectivity index (χ1v) is 10.8. The van der Waals surface area contributed by atoms with E-state index in [0.717, 1.165) is 22.5 Å². The van der Waals surface area contributed by atoms with Crippen LogP contribution in [0.1, 0.15) is 23.2 Å². The van der Waals surface area contributed by atoms with Crippen molar-refractivity contribution in [1.82, 2.24) is 15.1 Å². The maximum Gasteiger partial charge on any atom is 0.391 e. The molecule has 0 saturated carbocycles. The van der Waals surface area contributed by atoms with Crippen LogP contribution in [-0.4, -0.2) is 53.5 Å². The Hall–Kier alpha value is -3.49. The molecule has 0 aliphatic carbocycles. The Bertz CT molecular complexity index is 1150. The first kappa shape index (κ1) is 21.4. The van der Waals surface area contributed by atoms with E-state index in [1.165, 1.54) is 4.90 Å². The minimum absolute atomic E-state index is 0.0515. The second-order valence-electron chi connectivity index (χ2n) is 8.21. The molecule has 2 aliphatic rings. The summed E-state index contributed by atoms with van der Waals surface area (Å²) in [6.45, 7) is 1.27. The molecule has 172 valence electrons. The largest absolute Gasteiger partial charge is 0.486 e. The van der Waals surface area contributed by atoms with Gasteiger partial charge >= 0.3 is 6.18 Å². The number of carbonyl (C=O) groups excluding carboxylic acids is 1. The van der Waals surface area contributed by atoms with Crippen molar-refractivity contribution >= 4 is 5.91 Å². The van der Waals surface area contributed by atoms with Gasteiger partial charge in [0.1, 0.15) is 13.2 Å². The summed E-state index contributed by atoms with van der Waals surface area (Å²) >= 11 is 0. The molecule has 1 fully saturated rings. The number of amides is 1. The van der Waals surface area contributed by atoms with Gasteiger partial charge in [0.15, 0.2) is 11.5 Å². The molecular formula is C24H22F3N3O3. The zero-order chi connectivity index (χ0) is 23.0. The third-order valence-electron chi connectivity index (χ3n) is 6.10. The molecule has 2 aliphatic heterocycles. The molecule has 0 atom stereocenters. The number of nitrogens with zero attached hydrogens (tertiary/aromatic N) is 2. The van der Waals surface area contributed by atoms with Crippen LogP contribution in [0.15, 0.2) is 48.5 Å². The fourth-order valence-electron chi connectivity index (χ4n) is 4.21. The Balaban J connectivity index is 1.27. The van der Waals surface area contributed by atoms with Crippen LogP contribution in [0, 0.1) is 5.92 Å². The number of aromatic nitrogens is 2.